The Hall–Kier alpha value is -0.900. The van der Waals surface area contributed by atoms with Crippen molar-refractivity contribution in [2.24, 2.45) is 4.99 Å². The van der Waals surface area contributed by atoms with E-state index in [9.17, 15) is 12.8 Å². The summed E-state index contributed by atoms with van der Waals surface area (Å²) in [6.07, 6.45) is 0. The summed E-state index contributed by atoms with van der Waals surface area (Å²) >= 11 is 0. The van der Waals surface area contributed by atoms with Gasteiger partial charge in [0.25, 0.3) is 0 Å². The van der Waals surface area contributed by atoms with Crippen LogP contribution in [0.15, 0.2) is 23.2 Å². The molecule has 0 unspecified atom stereocenters. The maximum Gasteiger partial charge on any atom is 0.194 e. The number of aryl methyl sites for hydroxylation is 1. The molecule has 1 aromatic rings. The Balaban J connectivity index is 0.00000312. The van der Waals surface area contributed by atoms with Gasteiger partial charge in [-0.25, -0.2) is 17.8 Å². The van der Waals surface area contributed by atoms with Crippen molar-refractivity contribution in [2.45, 2.75) is 39.0 Å². The average Bonchev–Trinajstić information content (AvgIpc) is 2.50. The van der Waals surface area contributed by atoms with Gasteiger partial charge in [-0.3, -0.25) is 0 Å². The van der Waals surface area contributed by atoms with E-state index in [2.05, 4.69) is 10.3 Å². The van der Waals surface area contributed by atoms with Crippen LogP contribution in [-0.2, 0) is 16.4 Å². The number of halogens is 2. The highest BCUT2D eigenvalue weighted by atomic mass is 127. The van der Waals surface area contributed by atoms with Crippen molar-refractivity contribution >= 4 is 39.8 Å². The molecule has 0 bridgehead atoms. The maximum atomic E-state index is 13.4. The van der Waals surface area contributed by atoms with Crippen molar-refractivity contribution in [3.8, 4) is 0 Å². The third kappa shape index (κ3) is 5.29. The van der Waals surface area contributed by atoms with Gasteiger partial charge in [-0.2, -0.15) is 0 Å². The molecule has 1 aliphatic heterocycles. The van der Waals surface area contributed by atoms with E-state index < -0.39 is 14.6 Å². The first-order valence-corrected chi connectivity index (χ1v) is 9.82. The van der Waals surface area contributed by atoms with Crippen LogP contribution in [0.3, 0.4) is 0 Å². The molecule has 0 atom stereocenters. The van der Waals surface area contributed by atoms with E-state index >= 15 is 0 Å². The number of sulfone groups is 1. The summed E-state index contributed by atoms with van der Waals surface area (Å²) in [7, 11) is -3.09. The molecule has 1 N–H and O–H groups in total. The lowest BCUT2D eigenvalue weighted by Gasteiger charge is -2.39. The first kappa shape index (κ1) is 22.1. The van der Waals surface area contributed by atoms with Crippen molar-refractivity contribution in [1.82, 2.24) is 10.2 Å². The highest BCUT2D eigenvalue weighted by molar-refractivity contribution is 14.0. The zero-order valence-electron chi connectivity index (χ0n) is 15.2. The lowest BCUT2D eigenvalue weighted by molar-refractivity contribution is 0.353. The second-order valence-electron chi connectivity index (χ2n) is 6.75. The molecule has 142 valence electrons. The molecule has 1 aliphatic rings. The van der Waals surface area contributed by atoms with Gasteiger partial charge in [-0.1, -0.05) is 12.1 Å². The van der Waals surface area contributed by atoms with Crippen molar-refractivity contribution < 1.29 is 12.8 Å². The molecule has 0 radical (unpaired) electrons. The predicted molar refractivity (Wildman–Crippen MR) is 111 cm³/mol. The molecule has 25 heavy (non-hydrogen) atoms. The normalized spacial score (nSPS) is 19.2. The van der Waals surface area contributed by atoms with Crippen LogP contribution in [0.25, 0.3) is 0 Å². The molecule has 0 saturated carbocycles. The number of nitrogens with zero attached hydrogens (tertiary/aromatic N) is 2. The fourth-order valence-corrected chi connectivity index (χ4v) is 4.09. The Morgan fingerprint density at radius 3 is 2.64 bits per heavy atom. The summed E-state index contributed by atoms with van der Waals surface area (Å²) in [6, 6.07) is 4.96. The van der Waals surface area contributed by atoms with Gasteiger partial charge in [0, 0.05) is 19.6 Å². The molecule has 0 aliphatic carbocycles. The Kier molecular flexibility index (Phi) is 7.67. The number of hydrogen-bond acceptors (Lipinski definition) is 3. The van der Waals surface area contributed by atoms with E-state index in [-0.39, 0.29) is 35.5 Å². The summed E-state index contributed by atoms with van der Waals surface area (Å²) < 4.78 is 36.9. The maximum absolute atomic E-state index is 13.4. The second-order valence-corrected chi connectivity index (χ2v) is 9.50. The lowest BCUT2D eigenvalue weighted by atomic mass is 10.1. The molecular formula is C17H27FIN3O2S. The largest absolute Gasteiger partial charge is 0.357 e. The predicted octanol–water partition coefficient (Wildman–Crippen LogP) is 2.73. The Bertz CT molecular complexity index is 735. The van der Waals surface area contributed by atoms with Crippen molar-refractivity contribution in [2.75, 3.05) is 25.4 Å². The smallest absolute Gasteiger partial charge is 0.194 e. The Morgan fingerprint density at radius 2 is 2.08 bits per heavy atom. The molecular weight excluding hydrogens is 456 g/mol. The second kappa shape index (κ2) is 8.66. The zero-order chi connectivity index (χ0) is 18.0. The van der Waals surface area contributed by atoms with Crippen LogP contribution in [0.2, 0.25) is 0 Å². The fourth-order valence-electron chi connectivity index (χ4n) is 2.72. The zero-order valence-corrected chi connectivity index (χ0v) is 18.3. The number of rotatable bonds is 3. The van der Waals surface area contributed by atoms with Gasteiger partial charge in [-0.05, 0) is 44.9 Å². The van der Waals surface area contributed by atoms with E-state index in [0.717, 1.165) is 5.56 Å². The van der Waals surface area contributed by atoms with Crippen molar-refractivity contribution in [3.05, 3.63) is 35.1 Å². The van der Waals surface area contributed by atoms with Gasteiger partial charge >= 0.3 is 0 Å². The molecule has 5 nitrogen and oxygen atoms in total. The van der Waals surface area contributed by atoms with Gasteiger partial charge in [0.15, 0.2) is 15.8 Å². The fraction of sp³-hybridized carbons (Fsp3) is 0.588. The van der Waals surface area contributed by atoms with Crippen LogP contribution in [0.4, 0.5) is 4.39 Å². The van der Waals surface area contributed by atoms with Crippen molar-refractivity contribution in [1.29, 1.82) is 0 Å². The van der Waals surface area contributed by atoms with Crippen LogP contribution >= 0.6 is 24.0 Å². The summed E-state index contributed by atoms with van der Waals surface area (Å²) in [5, 5.41) is 3.22. The quantitative estimate of drug-likeness (QED) is 0.408. The third-order valence-corrected chi connectivity index (χ3v) is 6.84. The summed E-state index contributed by atoms with van der Waals surface area (Å²) in [5.74, 6) is 0.597. The first-order valence-electron chi connectivity index (χ1n) is 8.17. The third-order valence-electron chi connectivity index (χ3n) is 4.31. The minimum absolute atomic E-state index is 0. The van der Waals surface area contributed by atoms with Crippen LogP contribution in [0.5, 0.6) is 0 Å². The number of aliphatic imine (C=N–C) groups is 1. The van der Waals surface area contributed by atoms with E-state index in [1.54, 1.807) is 32.9 Å². The minimum atomic E-state index is -3.09. The molecule has 2 rings (SSSR count). The summed E-state index contributed by atoms with van der Waals surface area (Å²) in [4.78, 5) is 6.59. The molecule has 1 fully saturated rings. The first-order chi connectivity index (χ1) is 11.2. The molecule has 1 heterocycles. The topological polar surface area (TPSA) is 61.8 Å². The van der Waals surface area contributed by atoms with Gasteiger partial charge in [0.1, 0.15) is 5.82 Å². The van der Waals surface area contributed by atoms with Crippen LogP contribution in [-0.4, -0.2) is 49.4 Å². The molecule has 0 spiro atoms. The lowest BCUT2D eigenvalue weighted by Crippen LogP contribution is -2.57. The van der Waals surface area contributed by atoms with Gasteiger partial charge < -0.3 is 10.2 Å². The molecule has 0 aromatic heterocycles. The number of hydrogen-bond donors (Lipinski definition) is 1. The van der Waals surface area contributed by atoms with Gasteiger partial charge in [-0.15, -0.1) is 24.0 Å². The standard InChI is InChI=1S/C17H26FN3O2S.HI/c1-5-19-16(20-11-14-6-7-15(18)13(2)10-14)21-8-9-24(22,23)17(3,4)12-21;/h6-7,10H,5,8-9,11-12H2,1-4H3,(H,19,20);1H. The van der Waals surface area contributed by atoms with E-state index in [1.807, 2.05) is 11.8 Å². The van der Waals surface area contributed by atoms with E-state index in [4.69, 9.17) is 0 Å². The number of benzene rings is 1. The average molecular weight is 483 g/mol. The molecule has 0 amide bonds. The van der Waals surface area contributed by atoms with Crippen LogP contribution in [0, 0.1) is 12.7 Å². The van der Waals surface area contributed by atoms with E-state index in [0.29, 0.717) is 37.7 Å². The number of guanidine groups is 1. The summed E-state index contributed by atoms with van der Waals surface area (Å²) in [6.45, 7) is 9.17. The van der Waals surface area contributed by atoms with Gasteiger partial charge in [0.05, 0.1) is 17.0 Å². The number of nitrogens with one attached hydrogen (secondary N) is 1. The minimum Gasteiger partial charge on any atom is -0.357 e. The molecule has 8 heteroatoms. The van der Waals surface area contributed by atoms with Crippen LogP contribution < -0.4 is 5.32 Å². The Morgan fingerprint density at radius 1 is 1.40 bits per heavy atom. The van der Waals surface area contributed by atoms with Gasteiger partial charge in [0.2, 0.25) is 0 Å². The van der Waals surface area contributed by atoms with E-state index in [1.165, 1.54) is 6.07 Å². The summed E-state index contributed by atoms with van der Waals surface area (Å²) in [5.41, 5.74) is 1.52. The monoisotopic (exact) mass is 483 g/mol. The molecule has 1 saturated heterocycles. The van der Waals surface area contributed by atoms with Crippen LogP contribution in [0.1, 0.15) is 31.9 Å². The molecule has 1 aromatic carbocycles. The SMILES string of the molecule is CCNC(=NCc1ccc(F)c(C)c1)N1CCS(=O)(=O)C(C)(C)C1.I. The highest BCUT2D eigenvalue weighted by Crippen LogP contribution is 2.23. The highest BCUT2D eigenvalue weighted by Gasteiger charge is 2.40. The Labute approximate surface area is 167 Å². The van der Waals surface area contributed by atoms with Crippen molar-refractivity contribution in [3.63, 3.8) is 0 Å².